The molecule has 2 atom stereocenters. The second-order valence-electron chi connectivity index (χ2n) is 5.06. The Hall–Kier alpha value is -0.0800. The largest absolute Gasteiger partial charge is 0.317 e. The van der Waals surface area contributed by atoms with Gasteiger partial charge in [-0.05, 0) is 64.7 Å². The third-order valence-corrected chi connectivity index (χ3v) is 3.66. The monoisotopic (exact) mass is 212 g/mol. The predicted octanol–water partition coefficient (Wildman–Crippen LogP) is 2.50. The zero-order chi connectivity index (χ0) is 11.1. The van der Waals surface area contributed by atoms with Crippen LogP contribution in [0.25, 0.3) is 0 Å². The van der Waals surface area contributed by atoms with Gasteiger partial charge in [-0.3, -0.25) is 0 Å². The van der Waals surface area contributed by atoms with Crippen molar-refractivity contribution in [2.45, 2.75) is 52.5 Å². The average molecular weight is 212 g/mol. The summed E-state index contributed by atoms with van der Waals surface area (Å²) in [7, 11) is 0. The Labute approximate surface area is 95.4 Å². The van der Waals surface area contributed by atoms with Gasteiger partial charge >= 0.3 is 0 Å². The maximum Gasteiger partial charge on any atom is 0.00790 e. The standard InChI is InChI=1S/C13H28N2/c1-4-14-9-7-13(3)15-10-5-6-12(2)8-11-15/h12-14H,4-11H2,1-3H3. The van der Waals surface area contributed by atoms with Crippen LogP contribution >= 0.6 is 0 Å². The highest BCUT2D eigenvalue weighted by molar-refractivity contribution is 4.73. The summed E-state index contributed by atoms with van der Waals surface area (Å²) in [5.41, 5.74) is 0. The number of hydrogen-bond acceptors (Lipinski definition) is 2. The SMILES string of the molecule is CCNCCC(C)N1CCCC(C)CC1. The molecule has 1 fully saturated rings. The van der Waals surface area contributed by atoms with E-state index < -0.39 is 0 Å². The van der Waals surface area contributed by atoms with Crippen molar-refractivity contribution >= 4 is 0 Å². The summed E-state index contributed by atoms with van der Waals surface area (Å²) >= 11 is 0. The van der Waals surface area contributed by atoms with E-state index in [0.29, 0.717) is 0 Å². The number of hydrogen-bond donors (Lipinski definition) is 1. The lowest BCUT2D eigenvalue weighted by Gasteiger charge is -2.27. The van der Waals surface area contributed by atoms with Crippen LogP contribution in [0.4, 0.5) is 0 Å². The van der Waals surface area contributed by atoms with Crippen molar-refractivity contribution in [1.29, 1.82) is 0 Å². The van der Waals surface area contributed by atoms with Crippen molar-refractivity contribution in [3.05, 3.63) is 0 Å². The smallest absolute Gasteiger partial charge is 0.00790 e. The maximum atomic E-state index is 3.42. The fourth-order valence-electron chi connectivity index (χ4n) is 2.40. The summed E-state index contributed by atoms with van der Waals surface area (Å²) in [4.78, 5) is 2.68. The zero-order valence-electron chi connectivity index (χ0n) is 10.8. The van der Waals surface area contributed by atoms with Crippen LogP contribution in [0.5, 0.6) is 0 Å². The topological polar surface area (TPSA) is 15.3 Å². The average Bonchev–Trinajstić information content (AvgIpc) is 2.43. The molecule has 1 rings (SSSR count). The van der Waals surface area contributed by atoms with Crippen LogP contribution in [0.2, 0.25) is 0 Å². The molecule has 0 aromatic carbocycles. The van der Waals surface area contributed by atoms with Gasteiger partial charge in [0, 0.05) is 6.04 Å². The quantitative estimate of drug-likeness (QED) is 0.704. The van der Waals surface area contributed by atoms with Gasteiger partial charge in [0.15, 0.2) is 0 Å². The van der Waals surface area contributed by atoms with Gasteiger partial charge in [0.05, 0.1) is 0 Å². The third kappa shape index (κ3) is 4.98. The highest BCUT2D eigenvalue weighted by Crippen LogP contribution is 2.18. The molecule has 1 aliphatic rings. The van der Waals surface area contributed by atoms with Crippen molar-refractivity contribution in [2.24, 2.45) is 5.92 Å². The molecule has 1 aliphatic heterocycles. The third-order valence-electron chi connectivity index (χ3n) is 3.66. The Morgan fingerprint density at radius 1 is 1.33 bits per heavy atom. The second kappa shape index (κ2) is 7.24. The number of likely N-dealkylation sites (tertiary alicyclic amines) is 1. The minimum Gasteiger partial charge on any atom is -0.317 e. The van der Waals surface area contributed by atoms with Gasteiger partial charge in [-0.25, -0.2) is 0 Å². The molecular weight excluding hydrogens is 184 g/mol. The Morgan fingerprint density at radius 3 is 2.87 bits per heavy atom. The summed E-state index contributed by atoms with van der Waals surface area (Å²) in [6, 6.07) is 0.759. The van der Waals surface area contributed by atoms with Gasteiger partial charge in [0.1, 0.15) is 0 Å². The van der Waals surface area contributed by atoms with E-state index in [1.165, 1.54) is 45.3 Å². The first kappa shape index (κ1) is 13.0. The van der Waals surface area contributed by atoms with Gasteiger partial charge in [0.25, 0.3) is 0 Å². The van der Waals surface area contributed by atoms with E-state index >= 15 is 0 Å². The normalized spacial score (nSPS) is 26.2. The molecule has 0 aliphatic carbocycles. The molecule has 1 heterocycles. The summed E-state index contributed by atoms with van der Waals surface area (Å²) in [6.07, 6.45) is 5.51. The van der Waals surface area contributed by atoms with Crippen LogP contribution < -0.4 is 5.32 Å². The molecule has 15 heavy (non-hydrogen) atoms. The van der Waals surface area contributed by atoms with Gasteiger partial charge in [0.2, 0.25) is 0 Å². The van der Waals surface area contributed by atoms with Crippen molar-refractivity contribution in [1.82, 2.24) is 10.2 Å². The molecule has 2 nitrogen and oxygen atoms in total. The lowest BCUT2D eigenvalue weighted by molar-refractivity contribution is 0.204. The Balaban J connectivity index is 2.22. The fourth-order valence-corrected chi connectivity index (χ4v) is 2.40. The van der Waals surface area contributed by atoms with E-state index in [-0.39, 0.29) is 0 Å². The first-order valence-electron chi connectivity index (χ1n) is 6.68. The molecule has 1 N–H and O–H groups in total. The Morgan fingerprint density at radius 2 is 2.13 bits per heavy atom. The maximum absolute atomic E-state index is 3.42. The van der Waals surface area contributed by atoms with Crippen molar-refractivity contribution in [3.63, 3.8) is 0 Å². The molecule has 0 saturated carbocycles. The van der Waals surface area contributed by atoms with Crippen LogP contribution in [0.3, 0.4) is 0 Å². The van der Waals surface area contributed by atoms with E-state index in [4.69, 9.17) is 0 Å². The van der Waals surface area contributed by atoms with Gasteiger partial charge in [-0.2, -0.15) is 0 Å². The molecule has 0 aromatic rings. The van der Waals surface area contributed by atoms with Crippen LogP contribution in [0, 0.1) is 5.92 Å². The van der Waals surface area contributed by atoms with Gasteiger partial charge < -0.3 is 10.2 Å². The van der Waals surface area contributed by atoms with Crippen LogP contribution in [-0.4, -0.2) is 37.1 Å². The van der Waals surface area contributed by atoms with Crippen LogP contribution in [-0.2, 0) is 0 Å². The lowest BCUT2D eigenvalue weighted by Crippen LogP contribution is -2.36. The summed E-state index contributed by atoms with van der Waals surface area (Å²) < 4.78 is 0. The Bertz CT molecular complexity index is 159. The summed E-state index contributed by atoms with van der Waals surface area (Å²) in [6.45, 7) is 11.9. The fraction of sp³-hybridized carbons (Fsp3) is 1.00. The lowest BCUT2D eigenvalue weighted by atomic mass is 10.0. The molecule has 90 valence electrons. The van der Waals surface area contributed by atoms with E-state index in [0.717, 1.165) is 18.5 Å². The molecular formula is C13H28N2. The molecule has 0 bridgehead atoms. The van der Waals surface area contributed by atoms with Crippen molar-refractivity contribution in [2.75, 3.05) is 26.2 Å². The summed E-state index contributed by atoms with van der Waals surface area (Å²) in [5.74, 6) is 0.941. The molecule has 0 aromatic heterocycles. The zero-order valence-corrected chi connectivity index (χ0v) is 10.8. The second-order valence-corrected chi connectivity index (χ2v) is 5.06. The molecule has 2 unspecified atom stereocenters. The number of nitrogens with zero attached hydrogens (tertiary/aromatic N) is 1. The molecule has 0 amide bonds. The molecule has 0 spiro atoms. The predicted molar refractivity (Wildman–Crippen MR) is 67.2 cm³/mol. The molecule has 0 radical (unpaired) electrons. The van der Waals surface area contributed by atoms with Gasteiger partial charge in [-0.15, -0.1) is 0 Å². The summed E-state index contributed by atoms with van der Waals surface area (Å²) in [5, 5.41) is 3.42. The Kier molecular flexibility index (Phi) is 6.26. The molecule has 2 heteroatoms. The van der Waals surface area contributed by atoms with E-state index in [1.807, 2.05) is 0 Å². The highest BCUT2D eigenvalue weighted by Gasteiger charge is 2.17. The number of rotatable bonds is 5. The molecule has 1 saturated heterocycles. The van der Waals surface area contributed by atoms with Gasteiger partial charge in [-0.1, -0.05) is 13.8 Å². The van der Waals surface area contributed by atoms with E-state index in [9.17, 15) is 0 Å². The van der Waals surface area contributed by atoms with Crippen molar-refractivity contribution in [3.8, 4) is 0 Å². The first-order valence-corrected chi connectivity index (χ1v) is 6.68. The highest BCUT2D eigenvalue weighted by atomic mass is 15.1. The first-order chi connectivity index (χ1) is 7.24. The minimum atomic E-state index is 0.759. The van der Waals surface area contributed by atoms with E-state index in [2.05, 4.69) is 31.0 Å². The van der Waals surface area contributed by atoms with Crippen LogP contribution in [0.15, 0.2) is 0 Å². The van der Waals surface area contributed by atoms with Crippen molar-refractivity contribution < 1.29 is 0 Å². The minimum absolute atomic E-state index is 0.759. The number of nitrogens with one attached hydrogen (secondary N) is 1. The van der Waals surface area contributed by atoms with E-state index in [1.54, 1.807) is 0 Å². The van der Waals surface area contributed by atoms with Crippen LogP contribution in [0.1, 0.15) is 46.5 Å².